The number of carbonyl (C=O) groups is 1. The number of anilines is 1. The largest absolute Gasteiger partial charge is 0.497 e. The van der Waals surface area contributed by atoms with Crippen LogP contribution < -0.4 is 10.1 Å². The summed E-state index contributed by atoms with van der Waals surface area (Å²) in [5.41, 5.74) is 0.0332. The van der Waals surface area contributed by atoms with Crippen LogP contribution in [-0.2, 0) is 10.4 Å². The minimum Gasteiger partial charge on any atom is -0.497 e. The first-order valence-electron chi connectivity index (χ1n) is 5.94. The van der Waals surface area contributed by atoms with E-state index in [4.69, 9.17) is 4.74 Å². The van der Waals surface area contributed by atoms with Crippen molar-refractivity contribution in [1.82, 2.24) is 0 Å². The molecule has 19 heavy (non-hydrogen) atoms. The lowest BCUT2D eigenvalue weighted by Gasteiger charge is -2.21. The van der Waals surface area contributed by atoms with Crippen LogP contribution in [0.5, 0.6) is 5.75 Å². The average Bonchev–Trinajstić information content (AvgIpc) is 2.72. The molecule has 4 nitrogen and oxygen atoms in total. The summed E-state index contributed by atoms with van der Waals surface area (Å²) >= 11 is 0. The lowest BCUT2D eigenvalue weighted by molar-refractivity contribution is -0.129. The lowest BCUT2D eigenvalue weighted by Crippen LogP contribution is -2.35. The summed E-state index contributed by atoms with van der Waals surface area (Å²) in [5, 5.41) is 13.5. The Morgan fingerprint density at radius 2 is 1.95 bits per heavy atom. The van der Waals surface area contributed by atoms with Crippen molar-refractivity contribution in [3.63, 3.8) is 0 Å². The maximum Gasteiger partial charge on any atom is 0.265 e. The van der Waals surface area contributed by atoms with Crippen LogP contribution in [0.1, 0.15) is 11.1 Å². The number of benzene rings is 2. The summed E-state index contributed by atoms with van der Waals surface area (Å²) in [6.45, 7) is 0. The zero-order valence-electron chi connectivity index (χ0n) is 10.4. The third kappa shape index (κ3) is 1.61. The second-order valence-corrected chi connectivity index (χ2v) is 4.44. The van der Waals surface area contributed by atoms with E-state index in [0.29, 0.717) is 22.6 Å². The van der Waals surface area contributed by atoms with Gasteiger partial charge >= 0.3 is 0 Å². The number of ether oxygens (including phenoxy) is 1. The van der Waals surface area contributed by atoms with Crippen LogP contribution in [0.2, 0.25) is 0 Å². The molecule has 0 aliphatic carbocycles. The Kier molecular flexibility index (Phi) is 2.54. The van der Waals surface area contributed by atoms with E-state index in [1.54, 1.807) is 49.6 Å². The first-order valence-corrected chi connectivity index (χ1v) is 5.94. The Morgan fingerprint density at radius 1 is 1.16 bits per heavy atom. The predicted octanol–water partition coefficient (Wildman–Crippen LogP) is 1.88. The molecule has 2 aromatic carbocycles. The van der Waals surface area contributed by atoms with Crippen molar-refractivity contribution in [1.29, 1.82) is 0 Å². The van der Waals surface area contributed by atoms with Crippen LogP contribution in [0.4, 0.5) is 5.69 Å². The van der Waals surface area contributed by atoms with Gasteiger partial charge in [-0.3, -0.25) is 4.79 Å². The molecule has 3 rings (SSSR count). The number of carbonyl (C=O) groups excluding carboxylic acids is 1. The highest BCUT2D eigenvalue weighted by atomic mass is 16.5. The highest BCUT2D eigenvalue weighted by molar-refractivity contribution is 6.07. The molecule has 1 heterocycles. The fourth-order valence-corrected chi connectivity index (χ4v) is 2.38. The Balaban J connectivity index is 2.19. The minimum absolute atomic E-state index is 0.443. The van der Waals surface area contributed by atoms with E-state index in [0.717, 1.165) is 0 Å². The van der Waals surface area contributed by atoms with E-state index < -0.39 is 11.5 Å². The number of para-hydroxylation sites is 1. The molecule has 0 unspecified atom stereocenters. The number of amides is 1. The Hall–Kier alpha value is -2.33. The monoisotopic (exact) mass is 255 g/mol. The van der Waals surface area contributed by atoms with Gasteiger partial charge in [-0.05, 0) is 18.2 Å². The molecule has 0 aromatic heterocycles. The molecule has 2 aromatic rings. The molecule has 96 valence electrons. The molecule has 0 bridgehead atoms. The van der Waals surface area contributed by atoms with Gasteiger partial charge in [0.2, 0.25) is 0 Å². The van der Waals surface area contributed by atoms with Gasteiger partial charge in [0, 0.05) is 16.8 Å². The Labute approximate surface area is 110 Å². The molecule has 1 atom stereocenters. The van der Waals surface area contributed by atoms with Gasteiger partial charge in [0.25, 0.3) is 5.91 Å². The van der Waals surface area contributed by atoms with Gasteiger partial charge in [-0.2, -0.15) is 0 Å². The number of hydrogen-bond acceptors (Lipinski definition) is 3. The van der Waals surface area contributed by atoms with Crippen LogP contribution in [0.15, 0.2) is 48.5 Å². The number of fused-ring (bicyclic) bond motifs is 1. The van der Waals surface area contributed by atoms with Crippen molar-refractivity contribution in [3.05, 3.63) is 59.7 Å². The van der Waals surface area contributed by atoms with Gasteiger partial charge in [-0.1, -0.05) is 30.3 Å². The Morgan fingerprint density at radius 3 is 2.74 bits per heavy atom. The SMILES string of the molecule is COc1cccc([C@]2(O)C(=O)Nc3ccccc32)c1. The zero-order valence-corrected chi connectivity index (χ0v) is 10.4. The van der Waals surface area contributed by atoms with E-state index in [9.17, 15) is 9.90 Å². The predicted molar refractivity (Wildman–Crippen MR) is 71.1 cm³/mol. The summed E-state index contributed by atoms with van der Waals surface area (Å²) in [4.78, 5) is 12.2. The van der Waals surface area contributed by atoms with E-state index in [1.165, 1.54) is 0 Å². The number of nitrogens with one attached hydrogen (secondary N) is 1. The van der Waals surface area contributed by atoms with E-state index in [2.05, 4.69) is 5.32 Å². The fourth-order valence-electron chi connectivity index (χ4n) is 2.38. The maximum atomic E-state index is 12.2. The summed E-state index contributed by atoms with van der Waals surface area (Å²) in [6.07, 6.45) is 0. The quantitative estimate of drug-likeness (QED) is 0.861. The van der Waals surface area contributed by atoms with Gasteiger partial charge in [0.05, 0.1) is 7.11 Å². The van der Waals surface area contributed by atoms with Gasteiger partial charge in [0.1, 0.15) is 5.75 Å². The molecule has 0 saturated heterocycles. The van der Waals surface area contributed by atoms with E-state index in [-0.39, 0.29) is 0 Å². The Bertz CT molecular complexity index is 653. The number of rotatable bonds is 2. The number of aliphatic hydroxyl groups is 1. The molecule has 0 spiro atoms. The van der Waals surface area contributed by atoms with Crippen LogP contribution >= 0.6 is 0 Å². The van der Waals surface area contributed by atoms with Gasteiger partial charge in [-0.25, -0.2) is 0 Å². The van der Waals surface area contributed by atoms with Gasteiger partial charge in [0.15, 0.2) is 5.60 Å². The maximum absolute atomic E-state index is 12.2. The summed E-state index contributed by atoms with van der Waals surface area (Å²) < 4.78 is 5.14. The van der Waals surface area contributed by atoms with E-state index in [1.807, 2.05) is 6.07 Å². The summed E-state index contributed by atoms with van der Waals surface area (Å²) in [7, 11) is 1.55. The van der Waals surface area contributed by atoms with Crippen molar-refractivity contribution in [2.24, 2.45) is 0 Å². The zero-order chi connectivity index (χ0) is 13.5. The van der Waals surface area contributed by atoms with E-state index >= 15 is 0 Å². The lowest BCUT2D eigenvalue weighted by atomic mass is 9.87. The second-order valence-electron chi connectivity index (χ2n) is 4.44. The van der Waals surface area contributed by atoms with Crippen LogP contribution in [0, 0.1) is 0 Å². The van der Waals surface area contributed by atoms with Crippen molar-refractivity contribution >= 4 is 11.6 Å². The molecular weight excluding hydrogens is 242 g/mol. The first kappa shape index (κ1) is 11.7. The smallest absolute Gasteiger partial charge is 0.265 e. The summed E-state index contributed by atoms with van der Waals surface area (Å²) in [5.74, 6) is 0.157. The average molecular weight is 255 g/mol. The molecule has 2 N–H and O–H groups in total. The van der Waals surface area contributed by atoms with Crippen molar-refractivity contribution in [2.45, 2.75) is 5.60 Å². The highest BCUT2D eigenvalue weighted by Gasteiger charge is 2.46. The number of methoxy groups -OCH3 is 1. The second kappa shape index (κ2) is 4.10. The van der Waals surface area contributed by atoms with Crippen molar-refractivity contribution in [2.75, 3.05) is 12.4 Å². The van der Waals surface area contributed by atoms with Gasteiger partial charge < -0.3 is 15.2 Å². The molecule has 0 saturated carbocycles. The van der Waals surface area contributed by atoms with Crippen molar-refractivity contribution < 1.29 is 14.6 Å². The fraction of sp³-hybridized carbons (Fsp3) is 0.133. The third-order valence-electron chi connectivity index (χ3n) is 3.38. The molecule has 4 heteroatoms. The molecule has 1 aliphatic heterocycles. The highest BCUT2D eigenvalue weighted by Crippen LogP contribution is 2.41. The van der Waals surface area contributed by atoms with Crippen molar-refractivity contribution in [3.8, 4) is 5.75 Å². The topological polar surface area (TPSA) is 58.6 Å². The molecule has 1 amide bonds. The molecule has 0 radical (unpaired) electrons. The standard InChI is InChI=1S/C15H13NO3/c1-19-11-6-4-5-10(9-11)15(18)12-7-2-3-8-13(12)16-14(15)17/h2-9,18H,1H3,(H,16,17)/t15-/m1/s1. The van der Waals surface area contributed by atoms with Crippen LogP contribution in [-0.4, -0.2) is 18.1 Å². The van der Waals surface area contributed by atoms with Crippen LogP contribution in [0.3, 0.4) is 0 Å². The minimum atomic E-state index is -1.66. The normalized spacial score (nSPS) is 20.8. The molecule has 0 fully saturated rings. The van der Waals surface area contributed by atoms with Crippen LogP contribution in [0.25, 0.3) is 0 Å². The first-order chi connectivity index (χ1) is 9.16. The van der Waals surface area contributed by atoms with Gasteiger partial charge in [-0.15, -0.1) is 0 Å². The molecular formula is C15H13NO3. The molecule has 1 aliphatic rings. The third-order valence-corrected chi connectivity index (χ3v) is 3.38. The summed E-state index contributed by atoms with van der Waals surface area (Å²) in [6, 6.07) is 14.0. The number of hydrogen-bond donors (Lipinski definition) is 2.